The Morgan fingerprint density at radius 1 is 1.19 bits per heavy atom. The molecule has 31 heavy (non-hydrogen) atoms. The first kappa shape index (κ1) is 21.0. The lowest BCUT2D eigenvalue weighted by molar-refractivity contribution is -0.121. The number of nitrogens with zero attached hydrogens (tertiary/aromatic N) is 3. The molecule has 2 aromatic carbocycles. The van der Waals surface area contributed by atoms with Crippen molar-refractivity contribution in [3.63, 3.8) is 0 Å². The summed E-state index contributed by atoms with van der Waals surface area (Å²) in [6, 6.07) is 14.3. The van der Waals surface area contributed by atoms with Crippen LogP contribution >= 0.6 is 0 Å². The lowest BCUT2D eigenvalue weighted by Gasteiger charge is -2.31. The second-order valence-electron chi connectivity index (χ2n) is 7.93. The lowest BCUT2D eigenvalue weighted by atomic mass is 9.97. The van der Waals surface area contributed by atoms with Crippen LogP contribution in [0.15, 0.2) is 67.0 Å². The summed E-state index contributed by atoms with van der Waals surface area (Å²) in [4.78, 5) is 19.3. The molecule has 0 aliphatic carbocycles. The van der Waals surface area contributed by atoms with E-state index in [0.29, 0.717) is 0 Å². The Hall–Kier alpha value is -3.25. The van der Waals surface area contributed by atoms with E-state index in [1.807, 2.05) is 48.0 Å². The Kier molecular flexibility index (Phi) is 6.57. The van der Waals surface area contributed by atoms with Gasteiger partial charge in [0.2, 0.25) is 5.91 Å². The van der Waals surface area contributed by atoms with Crippen molar-refractivity contribution in [1.82, 2.24) is 14.5 Å². The van der Waals surface area contributed by atoms with Crippen LogP contribution in [0.25, 0.3) is 11.8 Å². The van der Waals surface area contributed by atoms with E-state index in [1.165, 1.54) is 12.1 Å². The van der Waals surface area contributed by atoms with E-state index in [1.54, 1.807) is 18.3 Å². The molecule has 0 bridgehead atoms. The molecule has 0 saturated carbocycles. The Balaban J connectivity index is 1.30. The molecule has 0 spiro atoms. The highest BCUT2D eigenvalue weighted by atomic mass is 19.1. The van der Waals surface area contributed by atoms with Crippen LogP contribution in [-0.4, -0.2) is 40.0 Å². The van der Waals surface area contributed by atoms with E-state index in [4.69, 9.17) is 0 Å². The summed E-state index contributed by atoms with van der Waals surface area (Å²) < 4.78 is 15.0. The van der Waals surface area contributed by atoms with E-state index in [9.17, 15) is 9.18 Å². The summed E-state index contributed by atoms with van der Waals surface area (Å²) in [5.74, 6) is 0.739. The van der Waals surface area contributed by atoms with E-state index < -0.39 is 0 Å². The summed E-state index contributed by atoms with van der Waals surface area (Å²) in [5.41, 5.74) is 2.80. The highest BCUT2D eigenvalue weighted by Crippen LogP contribution is 2.20. The van der Waals surface area contributed by atoms with Crippen molar-refractivity contribution in [2.24, 2.45) is 5.92 Å². The SMILES string of the molecule is Cc1nccn1-c1ccc(NC(=O)[C@H]2CCCN(C/C=C/c3ccc(F)cc3)C2)cc1. The molecule has 0 unspecified atom stereocenters. The first-order valence-electron chi connectivity index (χ1n) is 10.6. The molecule has 3 aromatic rings. The van der Waals surface area contributed by atoms with Gasteiger partial charge in [-0.25, -0.2) is 9.37 Å². The maximum Gasteiger partial charge on any atom is 0.228 e. The number of anilines is 1. The Morgan fingerprint density at radius 3 is 2.68 bits per heavy atom. The average molecular weight is 419 g/mol. The van der Waals surface area contributed by atoms with E-state index >= 15 is 0 Å². The number of carbonyl (C=O) groups excluding carboxylic acids is 1. The smallest absolute Gasteiger partial charge is 0.228 e. The third kappa shape index (κ3) is 5.47. The van der Waals surface area contributed by atoms with Gasteiger partial charge in [-0.2, -0.15) is 0 Å². The predicted octanol–water partition coefficient (Wildman–Crippen LogP) is 4.68. The zero-order valence-corrected chi connectivity index (χ0v) is 17.7. The number of aromatic nitrogens is 2. The molecule has 1 aromatic heterocycles. The number of amides is 1. The summed E-state index contributed by atoms with van der Waals surface area (Å²) >= 11 is 0. The molecule has 160 valence electrons. The number of hydrogen-bond acceptors (Lipinski definition) is 3. The van der Waals surface area contributed by atoms with Crippen LogP contribution in [0.5, 0.6) is 0 Å². The number of imidazole rings is 1. The van der Waals surface area contributed by atoms with Crippen molar-refractivity contribution in [2.45, 2.75) is 19.8 Å². The van der Waals surface area contributed by atoms with Crippen LogP contribution in [0.1, 0.15) is 24.2 Å². The molecule has 1 atom stereocenters. The Labute approximate surface area is 182 Å². The Bertz CT molecular complexity index is 1040. The number of piperidine rings is 1. The van der Waals surface area contributed by atoms with E-state index in [0.717, 1.165) is 55.2 Å². The minimum Gasteiger partial charge on any atom is -0.326 e. The van der Waals surface area contributed by atoms with Crippen molar-refractivity contribution in [1.29, 1.82) is 0 Å². The second-order valence-corrected chi connectivity index (χ2v) is 7.93. The molecule has 2 heterocycles. The molecular formula is C25H27FN4O. The van der Waals surface area contributed by atoms with Crippen LogP contribution in [-0.2, 0) is 4.79 Å². The zero-order chi connectivity index (χ0) is 21.6. The number of hydrogen-bond donors (Lipinski definition) is 1. The van der Waals surface area contributed by atoms with Crippen molar-refractivity contribution < 1.29 is 9.18 Å². The molecule has 6 heteroatoms. The first-order valence-corrected chi connectivity index (χ1v) is 10.6. The van der Waals surface area contributed by atoms with Crippen LogP contribution in [0.4, 0.5) is 10.1 Å². The topological polar surface area (TPSA) is 50.2 Å². The average Bonchev–Trinajstić information content (AvgIpc) is 3.22. The van der Waals surface area contributed by atoms with Crippen LogP contribution in [0, 0.1) is 18.7 Å². The van der Waals surface area contributed by atoms with Gasteiger partial charge in [0.15, 0.2) is 0 Å². The van der Waals surface area contributed by atoms with Crippen LogP contribution in [0.3, 0.4) is 0 Å². The van der Waals surface area contributed by atoms with Crippen molar-refractivity contribution >= 4 is 17.7 Å². The van der Waals surface area contributed by atoms with Gasteiger partial charge < -0.3 is 9.88 Å². The van der Waals surface area contributed by atoms with Gasteiger partial charge in [0.05, 0.1) is 5.92 Å². The fourth-order valence-corrected chi connectivity index (χ4v) is 3.95. The zero-order valence-electron chi connectivity index (χ0n) is 17.7. The molecular weight excluding hydrogens is 391 g/mol. The van der Waals surface area contributed by atoms with E-state index in [2.05, 4.69) is 21.3 Å². The van der Waals surface area contributed by atoms with Gasteiger partial charge in [-0.15, -0.1) is 0 Å². The first-order chi connectivity index (χ1) is 15.1. The van der Waals surface area contributed by atoms with Gasteiger partial charge in [0, 0.05) is 36.9 Å². The van der Waals surface area contributed by atoms with Crippen molar-refractivity contribution in [2.75, 3.05) is 25.0 Å². The number of aryl methyl sites for hydroxylation is 1. The fourth-order valence-electron chi connectivity index (χ4n) is 3.95. The summed E-state index contributed by atoms with van der Waals surface area (Å²) in [5, 5.41) is 3.06. The molecule has 1 N–H and O–H groups in total. The highest BCUT2D eigenvalue weighted by molar-refractivity contribution is 5.92. The fraction of sp³-hybridized carbons (Fsp3) is 0.280. The van der Waals surface area contributed by atoms with Gasteiger partial charge in [-0.05, 0) is 68.3 Å². The highest BCUT2D eigenvalue weighted by Gasteiger charge is 2.25. The number of benzene rings is 2. The van der Waals surface area contributed by atoms with Crippen molar-refractivity contribution in [3.8, 4) is 5.69 Å². The van der Waals surface area contributed by atoms with Gasteiger partial charge in [-0.1, -0.05) is 24.3 Å². The Morgan fingerprint density at radius 2 is 1.97 bits per heavy atom. The molecule has 4 rings (SSSR count). The van der Waals surface area contributed by atoms with Crippen LogP contribution < -0.4 is 5.32 Å². The van der Waals surface area contributed by atoms with Gasteiger partial charge in [0.1, 0.15) is 11.6 Å². The number of halogens is 1. The minimum atomic E-state index is -0.228. The van der Waals surface area contributed by atoms with Crippen LogP contribution in [0.2, 0.25) is 0 Å². The molecule has 1 saturated heterocycles. The quantitative estimate of drug-likeness (QED) is 0.632. The number of likely N-dealkylation sites (tertiary alicyclic amines) is 1. The van der Waals surface area contributed by atoms with Gasteiger partial charge in [-0.3, -0.25) is 9.69 Å². The predicted molar refractivity (Wildman–Crippen MR) is 122 cm³/mol. The molecule has 5 nitrogen and oxygen atoms in total. The molecule has 1 fully saturated rings. The third-order valence-corrected chi connectivity index (χ3v) is 5.66. The van der Waals surface area contributed by atoms with Gasteiger partial charge >= 0.3 is 0 Å². The molecule has 1 aliphatic rings. The van der Waals surface area contributed by atoms with Gasteiger partial charge in [0.25, 0.3) is 0 Å². The molecule has 1 aliphatic heterocycles. The summed E-state index contributed by atoms with van der Waals surface area (Å²) in [6.45, 7) is 4.46. The maximum atomic E-state index is 13.0. The summed E-state index contributed by atoms with van der Waals surface area (Å²) in [6.07, 6.45) is 9.66. The standard InChI is InChI=1S/C25H27FN4O/c1-19-27-14-17-30(19)24-12-10-23(11-13-24)28-25(31)21-5-3-16-29(18-21)15-2-4-20-6-8-22(26)9-7-20/h2,4,6-14,17,21H,3,5,15-16,18H2,1H3,(H,28,31)/b4-2+/t21-/m0/s1. The molecule has 0 radical (unpaired) electrons. The maximum absolute atomic E-state index is 13.0. The van der Waals surface area contributed by atoms with E-state index in [-0.39, 0.29) is 17.6 Å². The lowest BCUT2D eigenvalue weighted by Crippen LogP contribution is -2.40. The second kappa shape index (κ2) is 9.71. The normalized spacial score (nSPS) is 17.2. The monoisotopic (exact) mass is 418 g/mol. The number of carbonyl (C=O) groups is 1. The summed E-state index contributed by atoms with van der Waals surface area (Å²) in [7, 11) is 0. The largest absolute Gasteiger partial charge is 0.326 e. The van der Waals surface area contributed by atoms with Crippen molar-refractivity contribution in [3.05, 3.63) is 84.2 Å². The minimum absolute atomic E-state index is 0.0245. The number of nitrogens with one attached hydrogen (secondary N) is 1. The molecule has 1 amide bonds. The number of rotatable bonds is 6. The third-order valence-electron chi connectivity index (χ3n) is 5.66.